The fourth-order valence-electron chi connectivity index (χ4n) is 1.74. The molecule has 0 bridgehead atoms. The van der Waals surface area contributed by atoms with Crippen LogP contribution >= 0.6 is 0 Å². The fourth-order valence-corrected chi connectivity index (χ4v) is 1.74. The summed E-state index contributed by atoms with van der Waals surface area (Å²) in [7, 11) is 0. The number of hydrogen-bond acceptors (Lipinski definition) is 1. The Morgan fingerprint density at radius 2 is 1.41 bits per heavy atom. The molecule has 0 spiro atoms. The molecule has 0 amide bonds. The molecule has 0 aliphatic rings. The number of aryl methyl sites for hydroxylation is 1. The first kappa shape index (κ1) is 11.4. The van der Waals surface area contributed by atoms with Gasteiger partial charge in [-0.05, 0) is 23.6 Å². The van der Waals surface area contributed by atoms with Crippen molar-refractivity contribution in [1.29, 1.82) is 0 Å². The lowest BCUT2D eigenvalue weighted by molar-refractivity contribution is -0.136. The van der Waals surface area contributed by atoms with Crippen molar-refractivity contribution < 1.29 is 9.90 Å². The highest BCUT2D eigenvalue weighted by Gasteiger charge is 2.01. The molecule has 86 valence electrons. The molecule has 0 unspecified atom stereocenters. The highest BCUT2D eigenvalue weighted by molar-refractivity contribution is 5.71. The molecule has 1 N–H and O–H groups in total. The van der Waals surface area contributed by atoms with Gasteiger partial charge in [-0.3, -0.25) is 4.79 Å². The monoisotopic (exact) mass is 226 g/mol. The molecule has 2 aromatic rings. The molecule has 0 saturated carbocycles. The van der Waals surface area contributed by atoms with Crippen LogP contribution in [0.15, 0.2) is 48.5 Å². The predicted molar refractivity (Wildman–Crippen MR) is 68.0 cm³/mol. The molecule has 0 fully saturated rings. The van der Waals surface area contributed by atoms with Crippen molar-refractivity contribution in [3.63, 3.8) is 0 Å². The van der Waals surface area contributed by atoms with Crippen molar-refractivity contribution in [1.82, 2.24) is 0 Å². The van der Waals surface area contributed by atoms with E-state index in [1.54, 1.807) is 0 Å². The van der Waals surface area contributed by atoms with Gasteiger partial charge in [0.2, 0.25) is 0 Å². The lowest BCUT2D eigenvalue weighted by Gasteiger charge is -2.03. The van der Waals surface area contributed by atoms with E-state index in [2.05, 4.69) is 31.2 Å². The lowest BCUT2D eigenvalue weighted by Crippen LogP contribution is -1.99. The van der Waals surface area contributed by atoms with Crippen LogP contribution in [0.25, 0.3) is 11.1 Å². The molecule has 2 heteroatoms. The van der Waals surface area contributed by atoms with Gasteiger partial charge in [0.05, 0.1) is 6.42 Å². The molecule has 2 aromatic carbocycles. The van der Waals surface area contributed by atoms with Crippen LogP contribution in [0.1, 0.15) is 11.1 Å². The summed E-state index contributed by atoms with van der Waals surface area (Å²) in [5, 5.41) is 8.68. The normalized spacial score (nSPS) is 10.2. The van der Waals surface area contributed by atoms with Gasteiger partial charge in [0.25, 0.3) is 0 Å². The molecule has 0 atom stereocenters. The summed E-state index contributed by atoms with van der Waals surface area (Å²) in [4.78, 5) is 10.6. The van der Waals surface area contributed by atoms with E-state index >= 15 is 0 Å². The zero-order valence-corrected chi connectivity index (χ0v) is 9.68. The Balaban J connectivity index is 2.23. The lowest BCUT2D eigenvalue weighted by atomic mass is 10.0. The molecular formula is C15H14O2. The summed E-state index contributed by atoms with van der Waals surface area (Å²) in [6.45, 7) is 2.06. The minimum atomic E-state index is -0.798. The molecule has 0 aliphatic heterocycles. The maximum absolute atomic E-state index is 10.6. The molecule has 17 heavy (non-hydrogen) atoms. The Hall–Kier alpha value is -2.09. The summed E-state index contributed by atoms with van der Waals surface area (Å²) in [6.07, 6.45) is 0.0776. The second kappa shape index (κ2) is 4.83. The number of carboxylic acids is 1. The van der Waals surface area contributed by atoms with Crippen LogP contribution in [-0.2, 0) is 11.2 Å². The minimum absolute atomic E-state index is 0.0776. The van der Waals surface area contributed by atoms with Crippen LogP contribution in [0.5, 0.6) is 0 Å². The van der Waals surface area contributed by atoms with E-state index < -0.39 is 5.97 Å². The van der Waals surface area contributed by atoms with Gasteiger partial charge in [0.15, 0.2) is 0 Å². The van der Waals surface area contributed by atoms with Gasteiger partial charge in [-0.2, -0.15) is 0 Å². The van der Waals surface area contributed by atoms with Crippen LogP contribution in [-0.4, -0.2) is 11.1 Å². The number of hydrogen-bond donors (Lipinski definition) is 1. The van der Waals surface area contributed by atoms with Gasteiger partial charge >= 0.3 is 5.97 Å². The summed E-state index contributed by atoms with van der Waals surface area (Å²) in [6, 6.07) is 15.9. The molecule has 0 aromatic heterocycles. The van der Waals surface area contributed by atoms with Crippen LogP contribution in [0.2, 0.25) is 0 Å². The van der Waals surface area contributed by atoms with Gasteiger partial charge in [-0.1, -0.05) is 54.1 Å². The first-order valence-corrected chi connectivity index (χ1v) is 5.53. The van der Waals surface area contributed by atoms with Crippen LogP contribution in [0.4, 0.5) is 0 Å². The van der Waals surface area contributed by atoms with Gasteiger partial charge < -0.3 is 5.11 Å². The topological polar surface area (TPSA) is 37.3 Å². The molecule has 0 radical (unpaired) electrons. The third-order valence-corrected chi connectivity index (χ3v) is 2.69. The van der Waals surface area contributed by atoms with E-state index in [1.807, 2.05) is 24.3 Å². The molecule has 0 aliphatic carbocycles. The van der Waals surface area contributed by atoms with Gasteiger partial charge in [0.1, 0.15) is 0 Å². The second-order valence-corrected chi connectivity index (χ2v) is 4.13. The van der Waals surface area contributed by atoms with E-state index in [0.29, 0.717) is 0 Å². The highest BCUT2D eigenvalue weighted by Crippen LogP contribution is 2.20. The highest BCUT2D eigenvalue weighted by atomic mass is 16.4. The summed E-state index contributed by atoms with van der Waals surface area (Å²) < 4.78 is 0. The number of benzene rings is 2. The molecule has 2 rings (SSSR count). The Morgan fingerprint density at radius 3 is 1.88 bits per heavy atom. The predicted octanol–water partition coefficient (Wildman–Crippen LogP) is 3.29. The van der Waals surface area contributed by atoms with Crippen LogP contribution in [0, 0.1) is 6.92 Å². The third-order valence-electron chi connectivity index (χ3n) is 2.69. The summed E-state index contributed by atoms with van der Waals surface area (Å²) >= 11 is 0. The van der Waals surface area contributed by atoms with Crippen LogP contribution < -0.4 is 0 Å². The smallest absolute Gasteiger partial charge is 0.307 e. The van der Waals surface area contributed by atoms with E-state index in [-0.39, 0.29) is 6.42 Å². The maximum Gasteiger partial charge on any atom is 0.307 e. The van der Waals surface area contributed by atoms with Crippen molar-refractivity contribution in [3.8, 4) is 11.1 Å². The Bertz CT molecular complexity index is 510. The first-order valence-electron chi connectivity index (χ1n) is 5.53. The maximum atomic E-state index is 10.6. The Labute approximate surface area is 101 Å². The standard InChI is InChI=1S/C15H14O2/c1-11-2-6-13(7-3-11)14-8-4-12(5-9-14)10-15(16)17/h2-9H,10H2,1H3,(H,16,17). The number of aliphatic carboxylic acids is 1. The molecule has 0 heterocycles. The van der Waals surface area contributed by atoms with Gasteiger partial charge in [-0.25, -0.2) is 0 Å². The van der Waals surface area contributed by atoms with Crippen LogP contribution in [0.3, 0.4) is 0 Å². The zero-order valence-electron chi connectivity index (χ0n) is 9.68. The van der Waals surface area contributed by atoms with Crippen molar-refractivity contribution in [3.05, 3.63) is 59.7 Å². The van der Waals surface area contributed by atoms with E-state index in [9.17, 15) is 4.79 Å². The average molecular weight is 226 g/mol. The molecule has 0 saturated heterocycles. The quantitative estimate of drug-likeness (QED) is 0.872. The fraction of sp³-hybridized carbons (Fsp3) is 0.133. The third kappa shape index (κ3) is 2.94. The Morgan fingerprint density at radius 1 is 0.941 bits per heavy atom. The first-order chi connectivity index (χ1) is 8.15. The average Bonchev–Trinajstić information content (AvgIpc) is 2.30. The number of carboxylic acid groups (broad SMARTS) is 1. The van der Waals surface area contributed by atoms with Crippen molar-refractivity contribution >= 4 is 5.97 Å². The Kier molecular flexibility index (Phi) is 3.24. The number of rotatable bonds is 3. The molecule has 2 nitrogen and oxygen atoms in total. The summed E-state index contributed by atoms with van der Waals surface area (Å²) in [5.74, 6) is -0.798. The number of carbonyl (C=O) groups is 1. The zero-order chi connectivity index (χ0) is 12.3. The summed E-state index contributed by atoms with van der Waals surface area (Å²) in [5.41, 5.74) is 4.32. The van der Waals surface area contributed by atoms with E-state index in [1.165, 1.54) is 5.56 Å². The van der Waals surface area contributed by atoms with Crippen molar-refractivity contribution in [2.75, 3.05) is 0 Å². The van der Waals surface area contributed by atoms with E-state index in [0.717, 1.165) is 16.7 Å². The second-order valence-electron chi connectivity index (χ2n) is 4.13. The van der Waals surface area contributed by atoms with E-state index in [4.69, 9.17) is 5.11 Å². The van der Waals surface area contributed by atoms with Gasteiger partial charge in [0, 0.05) is 0 Å². The van der Waals surface area contributed by atoms with Gasteiger partial charge in [-0.15, -0.1) is 0 Å². The molecular weight excluding hydrogens is 212 g/mol. The van der Waals surface area contributed by atoms with Crippen molar-refractivity contribution in [2.45, 2.75) is 13.3 Å². The SMILES string of the molecule is Cc1ccc(-c2ccc(CC(=O)O)cc2)cc1. The minimum Gasteiger partial charge on any atom is -0.481 e. The largest absolute Gasteiger partial charge is 0.481 e. The van der Waals surface area contributed by atoms with Crippen molar-refractivity contribution in [2.24, 2.45) is 0 Å².